The van der Waals surface area contributed by atoms with Crippen LogP contribution >= 0.6 is 0 Å². The molecule has 1 aromatic heterocycles. The second kappa shape index (κ2) is 6.68. The smallest absolute Gasteiger partial charge is 0.255 e. The number of halogens is 1. The number of aromatic nitrogens is 2. The van der Waals surface area contributed by atoms with Crippen molar-refractivity contribution in [3.63, 3.8) is 0 Å². The zero-order valence-corrected chi connectivity index (χ0v) is 11.4. The summed E-state index contributed by atoms with van der Waals surface area (Å²) in [5.41, 5.74) is 0.534. The number of benzene rings is 1. The predicted molar refractivity (Wildman–Crippen MR) is 74.7 cm³/mol. The molecule has 0 bridgehead atoms. The van der Waals surface area contributed by atoms with Crippen LogP contribution in [-0.2, 0) is 6.54 Å². The van der Waals surface area contributed by atoms with Gasteiger partial charge in [0.05, 0.1) is 12.1 Å². The molecule has 0 unspecified atom stereocenters. The molecule has 1 amide bonds. The quantitative estimate of drug-likeness (QED) is 0.832. The SMILES string of the molecule is CN(Cc1ncc[nH]1)C(=O)c1cc(F)ccc1C#CCO. The van der Waals surface area contributed by atoms with Crippen LogP contribution in [0.5, 0.6) is 0 Å². The summed E-state index contributed by atoms with van der Waals surface area (Å²) >= 11 is 0. The molecule has 6 heteroatoms. The maximum atomic E-state index is 13.4. The first kappa shape index (κ1) is 14.8. The number of rotatable bonds is 3. The van der Waals surface area contributed by atoms with E-state index in [0.717, 1.165) is 6.07 Å². The standard InChI is InChI=1S/C15H14FN3O2/c1-19(10-14-17-6-7-18-14)15(21)13-9-12(16)5-4-11(13)3-2-8-20/h4-7,9,20H,8,10H2,1H3,(H,17,18). The lowest BCUT2D eigenvalue weighted by atomic mass is 10.1. The summed E-state index contributed by atoms with van der Waals surface area (Å²) in [5, 5.41) is 8.74. The van der Waals surface area contributed by atoms with Crippen molar-refractivity contribution in [2.75, 3.05) is 13.7 Å². The number of nitrogens with one attached hydrogen (secondary N) is 1. The molecule has 108 valence electrons. The van der Waals surface area contributed by atoms with E-state index in [1.54, 1.807) is 19.4 Å². The van der Waals surface area contributed by atoms with E-state index in [9.17, 15) is 9.18 Å². The topological polar surface area (TPSA) is 69.2 Å². The van der Waals surface area contributed by atoms with Crippen molar-refractivity contribution < 1.29 is 14.3 Å². The van der Waals surface area contributed by atoms with Crippen molar-refractivity contribution in [2.24, 2.45) is 0 Å². The van der Waals surface area contributed by atoms with Crippen LogP contribution in [0.4, 0.5) is 4.39 Å². The number of aliphatic hydroxyl groups is 1. The zero-order chi connectivity index (χ0) is 15.2. The third-order valence-electron chi connectivity index (χ3n) is 2.80. The number of imidazole rings is 1. The summed E-state index contributed by atoms with van der Waals surface area (Å²) in [6.07, 6.45) is 3.25. The highest BCUT2D eigenvalue weighted by atomic mass is 19.1. The van der Waals surface area contributed by atoms with Gasteiger partial charge < -0.3 is 15.0 Å². The zero-order valence-electron chi connectivity index (χ0n) is 11.4. The summed E-state index contributed by atoms with van der Waals surface area (Å²) in [7, 11) is 1.60. The van der Waals surface area contributed by atoms with Gasteiger partial charge in [-0.3, -0.25) is 4.79 Å². The molecule has 0 fully saturated rings. The maximum Gasteiger partial charge on any atom is 0.255 e. The molecular weight excluding hydrogens is 273 g/mol. The maximum absolute atomic E-state index is 13.4. The average Bonchev–Trinajstić information content (AvgIpc) is 2.98. The molecule has 0 atom stereocenters. The molecule has 0 spiro atoms. The highest BCUT2D eigenvalue weighted by molar-refractivity contribution is 5.96. The van der Waals surface area contributed by atoms with Gasteiger partial charge in [-0.2, -0.15) is 0 Å². The fraction of sp³-hybridized carbons (Fsp3) is 0.200. The lowest BCUT2D eigenvalue weighted by Crippen LogP contribution is -2.27. The molecule has 5 nitrogen and oxygen atoms in total. The third-order valence-corrected chi connectivity index (χ3v) is 2.80. The molecule has 0 aliphatic heterocycles. The largest absolute Gasteiger partial charge is 0.384 e. The van der Waals surface area contributed by atoms with E-state index in [1.165, 1.54) is 17.0 Å². The summed E-state index contributed by atoms with van der Waals surface area (Å²) < 4.78 is 13.4. The Morgan fingerprint density at radius 3 is 3.00 bits per heavy atom. The van der Waals surface area contributed by atoms with Crippen molar-refractivity contribution in [1.29, 1.82) is 0 Å². The molecule has 2 N–H and O–H groups in total. The van der Waals surface area contributed by atoms with Crippen molar-refractivity contribution in [1.82, 2.24) is 14.9 Å². The molecule has 0 saturated carbocycles. The minimum absolute atomic E-state index is 0.157. The van der Waals surface area contributed by atoms with Crippen LogP contribution in [0.25, 0.3) is 0 Å². The van der Waals surface area contributed by atoms with E-state index in [2.05, 4.69) is 21.8 Å². The number of nitrogens with zero attached hydrogens (tertiary/aromatic N) is 2. The summed E-state index contributed by atoms with van der Waals surface area (Å²) in [5.74, 6) is 4.85. The van der Waals surface area contributed by atoms with Crippen molar-refractivity contribution in [3.8, 4) is 11.8 Å². The number of aromatic amines is 1. The fourth-order valence-electron chi connectivity index (χ4n) is 1.82. The van der Waals surface area contributed by atoms with Gasteiger partial charge >= 0.3 is 0 Å². The van der Waals surface area contributed by atoms with E-state index < -0.39 is 5.82 Å². The van der Waals surface area contributed by atoms with E-state index >= 15 is 0 Å². The number of aliphatic hydroxyl groups excluding tert-OH is 1. The van der Waals surface area contributed by atoms with Crippen LogP contribution in [-0.4, -0.2) is 39.5 Å². The van der Waals surface area contributed by atoms with Gasteiger partial charge in [-0.1, -0.05) is 11.8 Å². The Kier molecular flexibility index (Phi) is 4.69. The molecule has 21 heavy (non-hydrogen) atoms. The first-order chi connectivity index (χ1) is 10.1. The van der Waals surface area contributed by atoms with Crippen molar-refractivity contribution in [3.05, 3.63) is 53.4 Å². The average molecular weight is 287 g/mol. The van der Waals surface area contributed by atoms with E-state index in [-0.39, 0.29) is 24.6 Å². The Morgan fingerprint density at radius 1 is 1.52 bits per heavy atom. The Morgan fingerprint density at radius 2 is 2.33 bits per heavy atom. The second-order valence-corrected chi connectivity index (χ2v) is 4.35. The lowest BCUT2D eigenvalue weighted by molar-refractivity contribution is 0.0781. The van der Waals surface area contributed by atoms with Crippen LogP contribution in [0, 0.1) is 17.7 Å². The summed E-state index contributed by atoms with van der Waals surface area (Å²) in [6, 6.07) is 3.79. The number of hydrogen-bond acceptors (Lipinski definition) is 3. The first-order valence-electron chi connectivity index (χ1n) is 6.25. The van der Waals surface area contributed by atoms with Gasteiger partial charge in [-0.05, 0) is 18.2 Å². The van der Waals surface area contributed by atoms with E-state index in [4.69, 9.17) is 5.11 Å². The van der Waals surface area contributed by atoms with Gasteiger partial charge in [0, 0.05) is 25.0 Å². The van der Waals surface area contributed by atoms with Crippen molar-refractivity contribution in [2.45, 2.75) is 6.54 Å². The van der Waals surface area contributed by atoms with Gasteiger partial charge in [0.15, 0.2) is 0 Å². The van der Waals surface area contributed by atoms with E-state index in [0.29, 0.717) is 11.4 Å². The first-order valence-corrected chi connectivity index (χ1v) is 6.25. The molecule has 1 heterocycles. The molecule has 0 saturated heterocycles. The number of carbonyl (C=O) groups is 1. The van der Waals surface area contributed by atoms with Crippen LogP contribution < -0.4 is 0 Å². The molecule has 1 aromatic carbocycles. The monoisotopic (exact) mass is 287 g/mol. The number of hydrogen-bond donors (Lipinski definition) is 2. The minimum Gasteiger partial charge on any atom is -0.384 e. The Labute approximate surface area is 121 Å². The van der Waals surface area contributed by atoms with Crippen molar-refractivity contribution >= 4 is 5.91 Å². The fourth-order valence-corrected chi connectivity index (χ4v) is 1.82. The highest BCUT2D eigenvalue weighted by Crippen LogP contribution is 2.13. The second-order valence-electron chi connectivity index (χ2n) is 4.35. The summed E-state index contributed by atoms with van der Waals surface area (Å²) in [4.78, 5) is 20.7. The highest BCUT2D eigenvalue weighted by Gasteiger charge is 2.17. The Bertz CT molecular complexity index is 687. The number of H-pyrrole nitrogens is 1. The van der Waals surface area contributed by atoms with Gasteiger partial charge in [-0.25, -0.2) is 9.37 Å². The Hall–Kier alpha value is -2.65. The molecule has 2 aromatic rings. The van der Waals surface area contributed by atoms with Crippen LogP contribution in [0.2, 0.25) is 0 Å². The van der Waals surface area contributed by atoms with Gasteiger partial charge in [0.25, 0.3) is 5.91 Å². The Balaban J connectivity index is 2.26. The van der Waals surface area contributed by atoms with Gasteiger partial charge in [0.1, 0.15) is 18.2 Å². The molecule has 0 aliphatic carbocycles. The number of carbonyl (C=O) groups excluding carboxylic acids is 1. The number of amides is 1. The third kappa shape index (κ3) is 3.68. The summed E-state index contributed by atoms with van der Waals surface area (Å²) in [6.45, 7) is -0.0531. The predicted octanol–water partition coefficient (Wildman–Crippen LogP) is 1.16. The van der Waals surface area contributed by atoms with Gasteiger partial charge in [0.2, 0.25) is 0 Å². The van der Waals surface area contributed by atoms with Crippen LogP contribution in [0.1, 0.15) is 21.7 Å². The lowest BCUT2D eigenvalue weighted by Gasteiger charge is -2.16. The van der Waals surface area contributed by atoms with Crippen LogP contribution in [0.3, 0.4) is 0 Å². The van der Waals surface area contributed by atoms with Crippen LogP contribution in [0.15, 0.2) is 30.6 Å². The molecule has 0 aliphatic rings. The van der Waals surface area contributed by atoms with Gasteiger partial charge in [-0.15, -0.1) is 0 Å². The molecule has 0 radical (unpaired) electrons. The molecular formula is C15H14FN3O2. The normalized spacial score (nSPS) is 9.86. The molecule has 2 rings (SSSR count). The van der Waals surface area contributed by atoms with E-state index in [1.807, 2.05) is 0 Å². The minimum atomic E-state index is -0.515.